The third-order valence-electron chi connectivity index (χ3n) is 1.28. The zero-order chi connectivity index (χ0) is 8.85. The first kappa shape index (κ1) is 10.2. The maximum Gasteiger partial charge on any atom is 0.0903 e. The second-order valence-electron chi connectivity index (χ2n) is 2.19. The quantitative estimate of drug-likeness (QED) is 0.291. The fourth-order valence-corrected chi connectivity index (χ4v) is 0.601. The van der Waals surface area contributed by atoms with Gasteiger partial charge in [0, 0.05) is 4.91 Å². The molecule has 0 saturated heterocycles. The van der Waals surface area contributed by atoms with Crippen molar-refractivity contribution in [2.75, 3.05) is 6.61 Å². The Balaban J connectivity index is 4.12. The lowest BCUT2D eigenvalue weighted by Gasteiger charge is -2.18. The van der Waals surface area contributed by atoms with E-state index in [1.165, 1.54) is 6.92 Å². The van der Waals surface area contributed by atoms with Crippen molar-refractivity contribution in [3.8, 4) is 0 Å². The summed E-state index contributed by atoms with van der Waals surface area (Å²) >= 11 is 0. The summed E-state index contributed by atoms with van der Waals surface area (Å²) in [6, 6.07) is -0.972. The van der Waals surface area contributed by atoms with Crippen LogP contribution in [-0.2, 0) is 0 Å². The van der Waals surface area contributed by atoms with Crippen LogP contribution >= 0.6 is 0 Å². The molecule has 0 aliphatic rings. The van der Waals surface area contributed by atoms with Crippen molar-refractivity contribution in [3.63, 3.8) is 0 Å². The minimum atomic E-state index is -1.21. The Morgan fingerprint density at radius 3 is 2.36 bits per heavy atom. The zero-order valence-corrected chi connectivity index (χ0v) is 6.12. The first-order chi connectivity index (χ1) is 5.13. The number of nitrogens with zero attached hydrogens (tertiary/aromatic N) is 3. The molecule has 0 rings (SSSR count). The molecule has 0 bridgehead atoms. The van der Waals surface area contributed by atoms with Gasteiger partial charge in [0.2, 0.25) is 0 Å². The number of hydrogen-bond donors (Lipinski definition) is 3. The SMILES string of the molecule is C[C@@H](O)[C@@H](O)[C@H](CO)N=[N+]=[N-]. The minimum absolute atomic E-state index is 0.476. The molecule has 0 aromatic carbocycles. The van der Waals surface area contributed by atoms with Crippen molar-refractivity contribution in [2.24, 2.45) is 5.11 Å². The van der Waals surface area contributed by atoms with Crippen molar-refractivity contribution < 1.29 is 15.3 Å². The Hall–Kier alpha value is -0.810. The van der Waals surface area contributed by atoms with Crippen LogP contribution in [0.15, 0.2) is 5.11 Å². The molecule has 0 aliphatic carbocycles. The van der Waals surface area contributed by atoms with E-state index in [4.69, 9.17) is 20.9 Å². The molecule has 0 fully saturated rings. The van der Waals surface area contributed by atoms with Gasteiger partial charge < -0.3 is 15.3 Å². The van der Waals surface area contributed by atoms with Crippen molar-refractivity contribution in [2.45, 2.75) is 25.2 Å². The summed E-state index contributed by atoms with van der Waals surface area (Å²) in [6.07, 6.45) is -2.23. The first-order valence-electron chi connectivity index (χ1n) is 3.14. The van der Waals surface area contributed by atoms with E-state index < -0.39 is 24.9 Å². The van der Waals surface area contributed by atoms with Crippen molar-refractivity contribution >= 4 is 0 Å². The number of hydrogen-bond acceptors (Lipinski definition) is 4. The molecule has 0 heterocycles. The second kappa shape index (κ2) is 4.92. The van der Waals surface area contributed by atoms with Crippen LogP contribution in [0, 0.1) is 0 Å². The minimum Gasteiger partial charge on any atom is -0.396 e. The van der Waals surface area contributed by atoms with Crippen molar-refractivity contribution in [1.82, 2.24) is 0 Å². The highest BCUT2D eigenvalue weighted by molar-refractivity contribution is 4.78. The molecule has 0 aliphatic heterocycles. The zero-order valence-electron chi connectivity index (χ0n) is 6.12. The molecule has 0 saturated carbocycles. The summed E-state index contributed by atoms with van der Waals surface area (Å²) in [5, 5.41) is 29.5. The molecule has 0 radical (unpaired) electrons. The van der Waals surface area contributed by atoms with E-state index in [2.05, 4.69) is 10.0 Å². The Bertz CT molecular complexity index is 155. The fourth-order valence-electron chi connectivity index (χ4n) is 0.601. The first-order valence-corrected chi connectivity index (χ1v) is 3.14. The molecular weight excluding hydrogens is 150 g/mol. The smallest absolute Gasteiger partial charge is 0.0903 e. The summed E-state index contributed by atoms with van der Waals surface area (Å²) < 4.78 is 0. The second-order valence-corrected chi connectivity index (χ2v) is 2.19. The van der Waals surface area contributed by atoms with E-state index in [9.17, 15) is 0 Å². The lowest BCUT2D eigenvalue weighted by Crippen LogP contribution is -2.36. The summed E-state index contributed by atoms with van der Waals surface area (Å²) in [5.41, 5.74) is 7.95. The molecule has 6 heteroatoms. The van der Waals surface area contributed by atoms with E-state index in [0.717, 1.165) is 0 Å². The van der Waals surface area contributed by atoms with Crippen LogP contribution in [0.4, 0.5) is 0 Å². The molecule has 0 aromatic heterocycles. The molecule has 0 aromatic rings. The van der Waals surface area contributed by atoms with Gasteiger partial charge in [-0.2, -0.15) is 0 Å². The topological polar surface area (TPSA) is 109 Å². The lowest BCUT2D eigenvalue weighted by atomic mass is 10.1. The van der Waals surface area contributed by atoms with Gasteiger partial charge in [0.1, 0.15) is 0 Å². The standard InChI is InChI=1S/C5H11N3O3/c1-3(10)5(11)4(2-9)7-8-6/h3-5,9-11H,2H2,1H3/t3-,4+,5-/m1/s1. The average molecular weight is 161 g/mol. The predicted molar refractivity (Wildman–Crippen MR) is 37.7 cm³/mol. The maximum absolute atomic E-state index is 9.04. The monoisotopic (exact) mass is 161 g/mol. The molecular formula is C5H11N3O3. The van der Waals surface area contributed by atoms with Crippen molar-refractivity contribution in [3.05, 3.63) is 10.4 Å². The normalized spacial score (nSPS) is 18.2. The van der Waals surface area contributed by atoms with Crippen LogP contribution in [0.5, 0.6) is 0 Å². The summed E-state index contributed by atoms with van der Waals surface area (Å²) in [5.74, 6) is 0. The van der Waals surface area contributed by atoms with Gasteiger partial charge in [0.25, 0.3) is 0 Å². The maximum atomic E-state index is 9.04. The van der Waals surface area contributed by atoms with Gasteiger partial charge >= 0.3 is 0 Å². The molecule has 0 unspecified atom stereocenters. The lowest BCUT2D eigenvalue weighted by molar-refractivity contribution is 0.00310. The number of aliphatic hydroxyl groups excluding tert-OH is 3. The number of rotatable bonds is 4. The summed E-state index contributed by atoms with van der Waals surface area (Å²) in [7, 11) is 0. The Morgan fingerprint density at radius 1 is 1.55 bits per heavy atom. The van der Waals surface area contributed by atoms with Gasteiger partial charge in [-0.05, 0) is 12.5 Å². The molecule has 0 spiro atoms. The van der Waals surface area contributed by atoms with Gasteiger partial charge in [0.15, 0.2) is 0 Å². The van der Waals surface area contributed by atoms with E-state index >= 15 is 0 Å². The highest BCUT2D eigenvalue weighted by Gasteiger charge is 2.21. The van der Waals surface area contributed by atoms with E-state index in [1.54, 1.807) is 0 Å². The van der Waals surface area contributed by atoms with Gasteiger partial charge in [-0.3, -0.25) is 0 Å². The van der Waals surface area contributed by atoms with E-state index in [-0.39, 0.29) is 0 Å². The number of aliphatic hydroxyl groups is 3. The molecule has 3 atom stereocenters. The van der Waals surface area contributed by atoms with E-state index in [1.807, 2.05) is 0 Å². The van der Waals surface area contributed by atoms with Gasteiger partial charge in [-0.25, -0.2) is 0 Å². The average Bonchev–Trinajstić information content (AvgIpc) is 1.98. The van der Waals surface area contributed by atoms with Crippen LogP contribution in [0.1, 0.15) is 6.92 Å². The van der Waals surface area contributed by atoms with Crippen LogP contribution < -0.4 is 0 Å². The number of azide groups is 1. The Labute approximate surface area is 63.7 Å². The molecule has 11 heavy (non-hydrogen) atoms. The van der Waals surface area contributed by atoms with E-state index in [0.29, 0.717) is 0 Å². The van der Waals surface area contributed by atoms with Crippen molar-refractivity contribution in [1.29, 1.82) is 0 Å². The van der Waals surface area contributed by atoms with Gasteiger partial charge in [-0.15, -0.1) is 0 Å². The van der Waals surface area contributed by atoms with Crippen LogP contribution in [0.25, 0.3) is 10.4 Å². The highest BCUT2D eigenvalue weighted by Crippen LogP contribution is 2.03. The summed E-state index contributed by atoms with van der Waals surface area (Å²) in [6.45, 7) is 0.871. The van der Waals surface area contributed by atoms with Crippen LogP contribution in [-0.4, -0.2) is 40.2 Å². The third-order valence-corrected chi connectivity index (χ3v) is 1.28. The molecule has 64 valence electrons. The molecule has 0 amide bonds. The third kappa shape index (κ3) is 3.20. The predicted octanol–water partition coefficient (Wildman–Crippen LogP) is -0.601. The largest absolute Gasteiger partial charge is 0.396 e. The Kier molecular flexibility index (Phi) is 4.56. The summed E-state index contributed by atoms with van der Waals surface area (Å²) in [4.78, 5) is 2.40. The highest BCUT2D eigenvalue weighted by atomic mass is 16.3. The van der Waals surface area contributed by atoms with Gasteiger partial charge in [-0.1, -0.05) is 5.11 Å². The Morgan fingerprint density at radius 2 is 2.09 bits per heavy atom. The fraction of sp³-hybridized carbons (Fsp3) is 1.00. The van der Waals surface area contributed by atoms with Crippen LogP contribution in [0.3, 0.4) is 0 Å². The van der Waals surface area contributed by atoms with Gasteiger partial charge in [0.05, 0.1) is 24.9 Å². The van der Waals surface area contributed by atoms with Crippen LogP contribution in [0.2, 0.25) is 0 Å². The molecule has 6 nitrogen and oxygen atoms in total. The molecule has 3 N–H and O–H groups in total.